The van der Waals surface area contributed by atoms with Crippen LogP contribution in [0.5, 0.6) is 5.75 Å². The van der Waals surface area contributed by atoms with Gasteiger partial charge in [0.15, 0.2) is 22.9 Å². The number of aliphatic hydroxyl groups excluding tert-OH is 1. The highest BCUT2D eigenvalue weighted by atomic mass is 16.6. The first-order valence-electron chi connectivity index (χ1n) is 10.4. The summed E-state index contributed by atoms with van der Waals surface area (Å²) in [6.45, 7) is 0. The number of hydrogen-bond donors (Lipinski definition) is 1. The number of hydrogen-bond acceptors (Lipinski definition) is 8. The maximum atomic E-state index is 13.6. The Hall–Kier alpha value is -4.99. The minimum atomic E-state index is -1.10. The highest BCUT2D eigenvalue weighted by Crippen LogP contribution is 2.42. The number of furan rings is 1. The number of ether oxygens (including phenoxy) is 1. The number of rotatable bonds is 6. The van der Waals surface area contributed by atoms with Crippen LogP contribution >= 0.6 is 0 Å². The number of amides is 1. The van der Waals surface area contributed by atoms with E-state index in [0.717, 1.165) is 0 Å². The number of Topliss-reactive ketones (excluding diaryl/α,β-unsaturated/α-hetero) is 1. The second kappa shape index (κ2) is 8.41. The number of nitro groups is 1. The van der Waals surface area contributed by atoms with Gasteiger partial charge in [-0.2, -0.15) is 0 Å². The predicted octanol–water partition coefficient (Wildman–Crippen LogP) is 4.53. The third-order valence-corrected chi connectivity index (χ3v) is 5.72. The van der Waals surface area contributed by atoms with Crippen molar-refractivity contribution in [2.75, 3.05) is 12.0 Å². The standard InChI is InChI=1S/C25H17N3O7/c1-34-17-6-4-5-15-13-18(35-24(15)17)22(29)20-21(14-8-10-16(11-9-14)28(32)33)27(25(31)23(20)30)19-7-2-3-12-26-19/h2-13,21,30H,1H3. The lowest BCUT2D eigenvalue weighted by Gasteiger charge is -2.25. The van der Waals surface area contributed by atoms with Crippen LogP contribution in [0.1, 0.15) is 22.2 Å². The van der Waals surface area contributed by atoms with Gasteiger partial charge in [-0.25, -0.2) is 4.98 Å². The van der Waals surface area contributed by atoms with E-state index in [1.807, 2.05) is 0 Å². The van der Waals surface area contributed by atoms with Crippen molar-refractivity contribution in [3.63, 3.8) is 0 Å². The molecule has 1 atom stereocenters. The van der Waals surface area contributed by atoms with E-state index >= 15 is 0 Å². The van der Waals surface area contributed by atoms with E-state index in [1.54, 1.807) is 36.4 Å². The number of pyridine rings is 1. The molecule has 2 aromatic heterocycles. The van der Waals surface area contributed by atoms with Gasteiger partial charge < -0.3 is 14.3 Å². The lowest BCUT2D eigenvalue weighted by atomic mass is 9.95. The molecule has 0 saturated carbocycles. The van der Waals surface area contributed by atoms with Gasteiger partial charge in [0.05, 0.1) is 23.6 Å². The molecule has 0 spiro atoms. The van der Waals surface area contributed by atoms with E-state index in [4.69, 9.17) is 9.15 Å². The maximum Gasteiger partial charge on any atom is 0.295 e. The molecular formula is C25H17N3O7. The number of aromatic nitrogens is 1. The Balaban J connectivity index is 1.65. The Morgan fingerprint density at radius 3 is 2.57 bits per heavy atom. The van der Waals surface area contributed by atoms with Crippen LogP contribution in [-0.4, -0.2) is 33.8 Å². The van der Waals surface area contributed by atoms with Gasteiger partial charge in [-0.05, 0) is 42.0 Å². The second-order valence-electron chi connectivity index (χ2n) is 7.69. The Kier molecular flexibility index (Phi) is 5.25. The summed E-state index contributed by atoms with van der Waals surface area (Å²) in [7, 11) is 1.47. The van der Waals surface area contributed by atoms with Gasteiger partial charge in [-0.3, -0.25) is 24.6 Å². The number of nitrogens with zero attached hydrogens (tertiary/aromatic N) is 3. The number of nitro benzene ring substituents is 1. The van der Waals surface area contributed by atoms with E-state index in [0.29, 0.717) is 22.3 Å². The number of benzene rings is 2. The molecule has 0 fully saturated rings. The lowest BCUT2D eigenvalue weighted by molar-refractivity contribution is -0.384. The molecule has 10 heteroatoms. The number of fused-ring (bicyclic) bond motifs is 1. The first-order valence-corrected chi connectivity index (χ1v) is 10.4. The van der Waals surface area contributed by atoms with Crippen LogP contribution in [0.4, 0.5) is 11.5 Å². The van der Waals surface area contributed by atoms with E-state index in [2.05, 4.69) is 4.98 Å². The quantitative estimate of drug-likeness (QED) is 0.246. The van der Waals surface area contributed by atoms with Crippen LogP contribution in [0.15, 0.2) is 88.7 Å². The van der Waals surface area contributed by atoms with Crippen LogP contribution in [0.3, 0.4) is 0 Å². The average molecular weight is 471 g/mol. The van der Waals surface area contributed by atoms with E-state index in [-0.39, 0.29) is 22.8 Å². The van der Waals surface area contributed by atoms with Crippen molar-refractivity contribution in [2.24, 2.45) is 0 Å². The smallest absolute Gasteiger partial charge is 0.295 e. The predicted molar refractivity (Wildman–Crippen MR) is 124 cm³/mol. The van der Waals surface area contributed by atoms with Crippen molar-refractivity contribution in [3.8, 4) is 5.75 Å². The Morgan fingerprint density at radius 2 is 1.91 bits per heavy atom. The lowest BCUT2D eigenvalue weighted by Crippen LogP contribution is -2.31. The van der Waals surface area contributed by atoms with Crippen molar-refractivity contribution in [1.82, 2.24) is 4.98 Å². The van der Waals surface area contributed by atoms with Crippen molar-refractivity contribution in [1.29, 1.82) is 0 Å². The second-order valence-corrected chi connectivity index (χ2v) is 7.69. The molecule has 10 nitrogen and oxygen atoms in total. The number of anilines is 1. The minimum absolute atomic E-state index is 0.103. The van der Waals surface area contributed by atoms with Crippen molar-refractivity contribution in [2.45, 2.75) is 6.04 Å². The van der Waals surface area contributed by atoms with Gasteiger partial charge in [0, 0.05) is 23.7 Å². The van der Waals surface area contributed by atoms with E-state index < -0.39 is 28.4 Å². The number of para-hydroxylation sites is 1. The fourth-order valence-corrected chi connectivity index (χ4v) is 4.11. The fourth-order valence-electron chi connectivity index (χ4n) is 4.11. The molecule has 3 heterocycles. The summed E-state index contributed by atoms with van der Waals surface area (Å²) in [6, 6.07) is 15.8. The molecule has 1 amide bonds. The SMILES string of the molecule is COc1cccc2cc(C(=O)C3=C(O)C(=O)N(c4ccccn4)C3c3ccc([N+](=O)[O-])cc3)oc12. The van der Waals surface area contributed by atoms with E-state index in [9.17, 15) is 24.8 Å². The molecule has 0 aliphatic carbocycles. The molecule has 5 rings (SSSR count). The summed E-state index contributed by atoms with van der Waals surface area (Å²) in [4.78, 5) is 42.7. The molecule has 2 aromatic carbocycles. The average Bonchev–Trinajstić information content (AvgIpc) is 3.43. The Bertz CT molecular complexity index is 1510. The molecule has 35 heavy (non-hydrogen) atoms. The van der Waals surface area contributed by atoms with Gasteiger partial charge >= 0.3 is 0 Å². The zero-order chi connectivity index (χ0) is 24.7. The van der Waals surface area contributed by atoms with Crippen molar-refractivity contribution >= 4 is 34.2 Å². The number of ketones is 1. The van der Waals surface area contributed by atoms with Gasteiger partial charge in [0.1, 0.15) is 5.82 Å². The zero-order valence-electron chi connectivity index (χ0n) is 18.2. The molecular weight excluding hydrogens is 454 g/mol. The monoisotopic (exact) mass is 471 g/mol. The van der Waals surface area contributed by atoms with Crippen LogP contribution in [-0.2, 0) is 4.79 Å². The maximum absolute atomic E-state index is 13.6. The highest BCUT2D eigenvalue weighted by Gasteiger charge is 2.46. The largest absolute Gasteiger partial charge is 0.503 e. The number of non-ortho nitro benzene ring substituents is 1. The number of aliphatic hydroxyl groups is 1. The molecule has 4 aromatic rings. The molecule has 0 bridgehead atoms. The Morgan fingerprint density at radius 1 is 1.14 bits per heavy atom. The van der Waals surface area contributed by atoms with Crippen LogP contribution in [0.2, 0.25) is 0 Å². The van der Waals surface area contributed by atoms with Crippen LogP contribution < -0.4 is 9.64 Å². The Labute approximate surface area is 197 Å². The van der Waals surface area contributed by atoms with Gasteiger partial charge in [0.25, 0.3) is 11.6 Å². The van der Waals surface area contributed by atoms with Crippen LogP contribution in [0.25, 0.3) is 11.0 Å². The summed E-state index contributed by atoms with van der Waals surface area (Å²) < 4.78 is 11.1. The number of carbonyl (C=O) groups excluding carboxylic acids is 2. The van der Waals surface area contributed by atoms with Crippen molar-refractivity contribution in [3.05, 3.63) is 106 Å². The molecule has 1 unspecified atom stereocenters. The molecule has 0 radical (unpaired) electrons. The molecule has 0 saturated heterocycles. The number of methoxy groups -OCH3 is 1. The number of carbonyl (C=O) groups is 2. The fraction of sp³-hybridized carbons (Fsp3) is 0.0800. The minimum Gasteiger partial charge on any atom is -0.503 e. The van der Waals surface area contributed by atoms with Gasteiger partial charge in [0.2, 0.25) is 5.78 Å². The third kappa shape index (κ3) is 3.57. The first-order chi connectivity index (χ1) is 16.9. The van der Waals surface area contributed by atoms with Gasteiger partial charge in [-0.15, -0.1) is 0 Å². The summed E-state index contributed by atoms with van der Waals surface area (Å²) in [5.41, 5.74) is 0.326. The highest BCUT2D eigenvalue weighted by molar-refractivity contribution is 6.20. The summed E-state index contributed by atoms with van der Waals surface area (Å²) in [5, 5.41) is 22.6. The molecule has 1 aliphatic rings. The first kappa shape index (κ1) is 21.8. The summed E-state index contributed by atoms with van der Waals surface area (Å²) >= 11 is 0. The van der Waals surface area contributed by atoms with Crippen LogP contribution in [0, 0.1) is 10.1 Å². The van der Waals surface area contributed by atoms with Gasteiger partial charge in [-0.1, -0.05) is 18.2 Å². The summed E-state index contributed by atoms with van der Waals surface area (Å²) in [6.07, 6.45) is 1.47. The summed E-state index contributed by atoms with van der Waals surface area (Å²) in [5.74, 6) is -1.78. The third-order valence-electron chi connectivity index (χ3n) is 5.72. The topological polar surface area (TPSA) is 136 Å². The zero-order valence-corrected chi connectivity index (χ0v) is 18.2. The molecule has 174 valence electrons. The normalized spacial score (nSPS) is 15.6. The molecule has 1 N–H and O–H groups in total. The van der Waals surface area contributed by atoms with Crippen molar-refractivity contribution < 1.29 is 28.8 Å². The van der Waals surface area contributed by atoms with E-state index in [1.165, 1.54) is 48.5 Å². The molecule has 1 aliphatic heterocycles.